The van der Waals surface area contributed by atoms with E-state index in [9.17, 15) is 8.42 Å². The minimum atomic E-state index is -3.49. The van der Waals surface area contributed by atoms with Crippen LogP contribution in [0.4, 0.5) is 0 Å². The number of rotatable bonds is 5. The molecule has 1 fully saturated rings. The van der Waals surface area contributed by atoms with Crippen molar-refractivity contribution in [1.82, 2.24) is 14.5 Å². The molecule has 1 heterocycles. The highest BCUT2D eigenvalue weighted by molar-refractivity contribution is 7.89. The maximum Gasteiger partial charge on any atom is 0.258 e. The van der Waals surface area contributed by atoms with E-state index in [4.69, 9.17) is 5.73 Å². The number of sulfonamides is 1. The van der Waals surface area contributed by atoms with Crippen molar-refractivity contribution >= 4 is 10.0 Å². The monoisotopic (exact) mass is 244 g/mol. The smallest absolute Gasteiger partial charge is 0.258 e. The summed E-state index contributed by atoms with van der Waals surface area (Å²) in [6, 6.07) is 1.32. The third-order valence-corrected chi connectivity index (χ3v) is 4.37. The van der Waals surface area contributed by atoms with E-state index in [0.717, 1.165) is 12.8 Å². The van der Waals surface area contributed by atoms with Gasteiger partial charge in [0.2, 0.25) is 0 Å². The van der Waals surface area contributed by atoms with E-state index in [1.807, 2.05) is 0 Å². The van der Waals surface area contributed by atoms with E-state index in [-0.39, 0.29) is 11.1 Å². The highest BCUT2D eigenvalue weighted by Gasteiger charge is 2.34. The van der Waals surface area contributed by atoms with Crippen LogP contribution in [0.1, 0.15) is 12.8 Å². The molecule has 0 aliphatic heterocycles. The first-order chi connectivity index (χ1) is 7.54. The van der Waals surface area contributed by atoms with E-state index in [1.54, 1.807) is 7.05 Å². The van der Waals surface area contributed by atoms with Gasteiger partial charge in [0.25, 0.3) is 10.0 Å². The highest BCUT2D eigenvalue weighted by atomic mass is 32.2. The fraction of sp³-hybridized carbons (Fsp3) is 0.667. The Hall–Kier alpha value is -0.920. The molecule has 1 aromatic rings. The van der Waals surface area contributed by atoms with Crippen molar-refractivity contribution in [2.45, 2.75) is 23.9 Å². The van der Waals surface area contributed by atoms with Crippen molar-refractivity contribution < 1.29 is 8.42 Å². The van der Waals surface area contributed by atoms with Crippen LogP contribution in [0.2, 0.25) is 0 Å². The molecular weight excluding hydrogens is 228 g/mol. The highest BCUT2D eigenvalue weighted by Crippen LogP contribution is 2.32. The molecular formula is C9H16N4O2S. The molecule has 0 saturated heterocycles. The van der Waals surface area contributed by atoms with Crippen LogP contribution in [0.25, 0.3) is 0 Å². The van der Waals surface area contributed by atoms with Crippen LogP contribution in [0.15, 0.2) is 17.3 Å². The van der Waals surface area contributed by atoms with Gasteiger partial charge in [-0.1, -0.05) is 0 Å². The second-order valence-corrected chi connectivity index (χ2v) is 5.75. The molecule has 7 heteroatoms. The van der Waals surface area contributed by atoms with Gasteiger partial charge in [-0.05, 0) is 24.8 Å². The summed E-state index contributed by atoms with van der Waals surface area (Å²) in [5.74, 6) is 0.396. The van der Waals surface area contributed by atoms with Crippen molar-refractivity contribution in [3.63, 3.8) is 0 Å². The Morgan fingerprint density at radius 1 is 1.69 bits per heavy atom. The van der Waals surface area contributed by atoms with E-state index < -0.39 is 10.0 Å². The van der Waals surface area contributed by atoms with Crippen LogP contribution in [-0.2, 0) is 17.1 Å². The summed E-state index contributed by atoms with van der Waals surface area (Å²) in [6.07, 6.45) is 3.56. The largest absolute Gasteiger partial charge is 0.329 e. The van der Waals surface area contributed by atoms with Gasteiger partial charge in [-0.3, -0.25) is 4.68 Å². The fourth-order valence-electron chi connectivity index (χ4n) is 1.72. The molecule has 16 heavy (non-hydrogen) atoms. The summed E-state index contributed by atoms with van der Waals surface area (Å²) < 4.78 is 27.9. The van der Waals surface area contributed by atoms with E-state index in [2.05, 4.69) is 9.82 Å². The lowest BCUT2D eigenvalue weighted by atomic mass is 10.2. The number of aryl methyl sites for hydroxylation is 1. The minimum absolute atomic E-state index is 0.153. The van der Waals surface area contributed by atoms with Crippen molar-refractivity contribution in [1.29, 1.82) is 0 Å². The molecule has 1 atom stereocenters. The fourth-order valence-corrected chi connectivity index (χ4v) is 3.16. The van der Waals surface area contributed by atoms with Gasteiger partial charge in [0.05, 0.1) is 6.20 Å². The van der Waals surface area contributed by atoms with Gasteiger partial charge in [-0.15, -0.1) is 0 Å². The lowest BCUT2D eigenvalue weighted by Gasteiger charge is -2.15. The van der Waals surface area contributed by atoms with Gasteiger partial charge < -0.3 is 5.73 Å². The molecule has 6 nitrogen and oxygen atoms in total. The van der Waals surface area contributed by atoms with Crippen molar-refractivity contribution in [3.8, 4) is 0 Å². The third-order valence-electron chi connectivity index (χ3n) is 2.80. The van der Waals surface area contributed by atoms with Crippen LogP contribution in [0, 0.1) is 5.92 Å². The molecule has 1 aliphatic rings. The second-order valence-electron chi connectivity index (χ2n) is 4.09. The quantitative estimate of drug-likeness (QED) is 0.726. The van der Waals surface area contributed by atoms with Crippen molar-refractivity contribution in [2.75, 3.05) is 6.54 Å². The van der Waals surface area contributed by atoms with Gasteiger partial charge in [0, 0.05) is 19.6 Å². The lowest BCUT2D eigenvalue weighted by molar-refractivity contribution is 0.510. The van der Waals surface area contributed by atoms with Gasteiger partial charge in [-0.25, -0.2) is 13.1 Å². The molecule has 1 aliphatic carbocycles. The average molecular weight is 244 g/mol. The van der Waals surface area contributed by atoms with Gasteiger partial charge in [-0.2, -0.15) is 5.10 Å². The molecule has 0 radical (unpaired) electrons. The van der Waals surface area contributed by atoms with Gasteiger partial charge >= 0.3 is 0 Å². The average Bonchev–Trinajstić information content (AvgIpc) is 2.97. The molecule has 1 saturated carbocycles. The van der Waals surface area contributed by atoms with E-state index >= 15 is 0 Å². The molecule has 0 aromatic carbocycles. The molecule has 0 bridgehead atoms. The first-order valence-electron chi connectivity index (χ1n) is 5.25. The predicted molar refractivity (Wildman–Crippen MR) is 59.1 cm³/mol. The van der Waals surface area contributed by atoms with Crippen LogP contribution in [0.5, 0.6) is 0 Å². The number of nitrogens with two attached hydrogens (primary N) is 1. The first kappa shape index (κ1) is 11.6. The summed E-state index contributed by atoms with van der Waals surface area (Å²) in [5.41, 5.74) is 5.56. The lowest BCUT2D eigenvalue weighted by Crippen LogP contribution is -2.42. The zero-order chi connectivity index (χ0) is 11.8. The van der Waals surface area contributed by atoms with Crippen LogP contribution < -0.4 is 10.5 Å². The van der Waals surface area contributed by atoms with Crippen LogP contribution in [-0.4, -0.2) is 30.8 Å². The normalized spacial score (nSPS) is 18.6. The summed E-state index contributed by atoms with van der Waals surface area (Å²) in [4.78, 5) is 0. The number of nitrogens with zero attached hydrogens (tertiary/aromatic N) is 2. The van der Waals surface area contributed by atoms with Crippen LogP contribution >= 0.6 is 0 Å². The predicted octanol–water partition coefficient (Wildman–Crippen LogP) is -0.564. The molecule has 0 spiro atoms. The van der Waals surface area contributed by atoms with E-state index in [1.165, 1.54) is 16.9 Å². The van der Waals surface area contributed by atoms with E-state index in [0.29, 0.717) is 12.5 Å². The maximum atomic E-state index is 12.0. The number of nitrogens with one attached hydrogen (secondary N) is 1. The Bertz CT molecular complexity index is 464. The molecule has 0 amide bonds. The SMILES string of the molecule is Cn1nccc1S(=O)(=O)NC(CN)C1CC1. The van der Waals surface area contributed by atoms with Crippen molar-refractivity contribution in [3.05, 3.63) is 12.3 Å². The first-order valence-corrected chi connectivity index (χ1v) is 6.73. The number of hydrogen-bond donors (Lipinski definition) is 2. The van der Waals surface area contributed by atoms with Gasteiger partial charge in [0.15, 0.2) is 5.03 Å². The molecule has 1 aromatic heterocycles. The Labute approximate surface area is 94.9 Å². The number of hydrogen-bond acceptors (Lipinski definition) is 4. The third kappa shape index (κ3) is 2.26. The Kier molecular flexibility index (Phi) is 3.00. The molecule has 3 N–H and O–H groups in total. The Morgan fingerprint density at radius 2 is 2.38 bits per heavy atom. The number of aromatic nitrogens is 2. The van der Waals surface area contributed by atoms with Crippen molar-refractivity contribution in [2.24, 2.45) is 18.7 Å². The van der Waals surface area contributed by atoms with Crippen LogP contribution in [0.3, 0.4) is 0 Å². The summed E-state index contributed by atoms with van der Waals surface area (Å²) in [5, 5.41) is 4.02. The standard InChI is InChI=1S/C9H16N4O2S/c1-13-9(4-5-11-13)16(14,15)12-8(6-10)7-2-3-7/h4-5,7-8,12H,2-3,6,10H2,1H3. The topological polar surface area (TPSA) is 90.0 Å². The minimum Gasteiger partial charge on any atom is -0.329 e. The molecule has 1 unspecified atom stereocenters. The Balaban J connectivity index is 2.16. The molecule has 2 rings (SSSR count). The Morgan fingerprint density at radius 3 is 2.81 bits per heavy atom. The van der Waals surface area contributed by atoms with Gasteiger partial charge in [0.1, 0.15) is 0 Å². The summed E-state index contributed by atoms with van der Waals surface area (Å²) in [6.45, 7) is 0.335. The summed E-state index contributed by atoms with van der Waals surface area (Å²) >= 11 is 0. The maximum absolute atomic E-state index is 12.0. The zero-order valence-corrected chi connectivity index (χ0v) is 9.94. The summed E-state index contributed by atoms with van der Waals surface area (Å²) in [7, 11) is -1.89. The molecule has 90 valence electrons. The second kappa shape index (κ2) is 4.15. The zero-order valence-electron chi connectivity index (χ0n) is 9.13.